The van der Waals surface area contributed by atoms with E-state index in [1.165, 1.54) is 12.1 Å². The zero-order valence-corrected chi connectivity index (χ0v) is 11.2. The number of thiophene rings is 1. The molecule has 1 amide bonds. The molecule has 0 fully saturated rings. The Kier molecular flexibility index (Phi) is 3.99. The van der Waals surface area contributed by atoms with Crippen LogP contribution < -0.4 is 5.32 Å². The molecule has 0 unspecified atom stereocenters. The molecule has 1 N–H and O–H groups in total. The third-order valence-corrected chi connectivity index (χ3v) is 3.86. The largest absolute Gasteiger partial charge is 0.345 e. The Morgan fingerprint density at radius 2 is 2.22 bits per heavy atom. The number of halogens is 2. The van der Waals surface area contributed by atoms with Crippen LogP contribution in [0.3, 0.4) is 0 Å². The molecule has 94 valence electrons. The molecule has 1 aromatic heterocycles. The van der Waals surface area contributed by atoms with Crippen molar-refractivity contribution in [3.63, 3.8) is 0 Å². The summed E-state index contributed by atoms with van der Waals surface area (Å²) in [6.45, 7) is 1.89. The van der Waals surface area contributed by atoms with E-state index in [-0.39, 0.29) is 22.5 Å². The van der Waals surface area contributed by atoms with Crippen LogP contribution in [0.1, 0.15) is 28.2 Å². The molecule has 0 aliphatic rings. The van der Waals surface area contributed by atoms with Gasteiger partial charge in [-0.05, 0) is 36.6 Å². The summed E-state index contributed by atoms with van der Waals surface area (Å²) in [4.78, 5) is 13.0. The number of benzene rings is 1. The van der Waals surface area contributed by atoms with Gasteiger partial charge in [-0.2, -0.15) is 0 Å². The summed E-state index contributed by atoms with van der Waals surface area (Å²) < 4.78 is 12.9. The minimum absolute atomic E-state index is 0.0985. The number of nitrogens with one attached hydrogen (secondary N) is 1. The van der Waals surface area contributed by atoms with Gasteiger partial charge in [-0.3, -0.25) is 4.79 Å². The van der Waals surface area contributed by atoms with Crippen LogP contribution >= 0.6 is 22.9 Å². The Balaban J connectivity index is 2.12. The molecule has 0 spiro atoms. The van der Waals surface area contributed by atoms with E-state index in [4.69, 9.17) is 11.6 Å². The van der Waals surface area contributed by atoms with E-state index in [1.54, 1.807) is 11.3 Å². The topological polar surface area (TPSA) is 29.1 Å². The van der Waals surface area contributed by atoms with Gasteiger partial charge in [0.15, 0.2) is 0 Å². The average Bonchev–Trinajstić information content (AvgIpc) is 2.81. The van der Waals surface area contributed by atoms with E-state index >= 15 is 0 Å². The molecule has 0 radical (unpaired) electrons. The summed E-state index contributed by atoms with van der Waals surface area (Å²) >= 11 is 7.40. The maximum Gasteiger partial charge on any atom is 0.253 e. The second-order valence-electron chi connectivity index (χ2n) is 3.83. The number of hydrogen-bond donors (Lipinski definition) is 1. The quantitative estimate of drug-likeness (QED) is 0.905. The van der Waals surface area contributed by atoms with E-state index in [1.807, 2.05) is 24.4 Å². The Labute approximate surface area is 113 Å². The van der Waals surface area contributed by atoms with Gasteiger partial charge < -0.3 is 5.32 Å². The highest BCUT2D eigenvalue weighted by atomic mass is 35.5. The number of rotatable bonds is 3. The minimum Gasteiger partial charge on any atom is -0.345 e. The number of hydrogen-bond acceptors (Lipinski definition) is 2. The lowest BCUT2D eigenvalue weighted by Crippen LogP contribution is -2.26. The predicted octanol–water partition coefficient (Wildman–Crippen LogP) is 4.03. The van der Waals surface area contributed by atoms with Crippen LogP contribution in [0, 0.1) is 5.82 Å². The maximum atomic E-state index is 12.9. The van der Waals surface area contributed by atoms with Crippen LogP contribution in [-0.4, -0.2) is 5.91 Å². The van der Waals surface area contributed by atoms with Gasteiger partial charge in [0.2, 0.25) is 0 Å². The van der Waals surface area contributed by atoms with Gasteiger partial charge in [0.25, 0.3) is 5.91 Å². The Bertz CT molecular complexity index is 556. The summed E-state index contributed by atoms with van der Waals surface area (Å²) in [5.74, 6) is -0.760. The Hall–Kier alpha value is -1.39. The van der Waals surface area contributed by atoms with Crippen molar-refractivity contribution < 1.29 is 9.18 Å². The molecular weight excluding hydrogens is 273 g/mol. The lowest BCUT2D eigenvalue weighted by atomic mass is 10.2. The van der Waals surface area contributed by atoms with Gasteiger partial charge >= 0.3 is 0 Å². The highest BCUT2D eigenvalue weighted by Gasteiger charge is 2.15. The molecule has 2 rings (SSSR count). The van der Waals surface area contributed by atoms with Crippen molar-refractivity contribution in [2.45, 2.75) is 13.0 Å². The molecule has 0 bridgehead atoms. The second kappa shape index (κ2) is 5.50. The van der Waals surface area contributed by atoms with Crippen LogP contribution in [0.5, 0.6) is 0 Å². The molecule has 5 heteroatoms. The normalized spacial score (nSPS) is 12.2. The molecule has 0 aliphatic carbocycles. The van der Waals surface area contributed by atoms with Crippen LogP contribution in [0.25, 0.3) is 0 Å². The van der Waals surface area contributed by atoms with Gasteiger partial charge in [0.1, 0.15) is 5.82 Å². The molecule has 0 saturated heterocycles. The van der Waals surface area contributed by atoms with Gasteiger partial charge in [-0.1, -0.05) is 17.7 Å². The van der Waals surface area contributed by atoms with Crippen molar-refractivity contribution in [2.24, 2.45) is 0 Å². The molecule has 0 aliphatic heterocycles. The lowest BCUT2D eigenvalue weighted by molar-refractivity contribution is 0.0940. The summed E-state index contributed by atoms with van der Waals surface area (Å²) in [6.07, 6.45) is 0. The van der Waals surface area contributed by atoms with Crippen LogP contribution in [-0.2, 0) is 0 Å². The van der Waals surface area contributed by atoms with Crippen LogP contribution in [0.4, 0.5) is 4.39 Å². The number of amides is 1. The Morgan fingerprint density at radius 1 is 1.44 bits per heavy atom. The van der Waals surface area contributed by atoms with E-state index in [9.17, 15) is 9.18 Å². The molecule has 1 aromatic carbocycles. The summed E-state index contributed by atoms with van der Waals surface area (Å²) in [7, 11) is 0. The van der Waals surface area contributed by atoms with Crippen LogP contribution in [0.2, 0.25) is 5.02 Å². The molecule has 2 nitrogen and oxygen atoms in total. The number of carbonyl (C=O) groups excluding carboxylic acids is 1. The molecule has 2 aromatic rings. The van der Waals surface area contributed by atoms with Crippen molar-refractivity contribution in [1.82, 2.24) is 5.32 Å². The van der Waals surface area contributed by atoms with Gasteiger partial charge in [0, 0.05) is 4.88 Å². The van der Waals surface area contributed by atoms with E-state index in [0.717, 1.165) is 10.9 Å². The fourth-order valence-corrected chi connectivity index (χ4v) is 2.54. The van der Waals surface area contributed by atoms with Crippen LogP contribution in [0.15, 0.2) is 35.7 Å². The van der Waals surface area contributed by atoms with E-state index in [0.29, 0.717) is 0 Å². The van der Waals surface area contributed by atoms with Gasteiger partial charge in [-0.25, -0.2) is 4.39 Å². The first kappa shape index (κ1) is 13.1. The molecular formula is C13H11ClFNOS. The summed E-state index contributed by atoms with van der Waals surface area (Å²) in [6, 6.07) is 7.51. The summed E-state index contributed by atoms with van der Waals surface area (Å²) in [5, 5.41) is 4.89. The highest BCUT2D eigenvalue weighted by molar-refractivity contribution is 7.10. The Morgan fingerprint density at radius 3 is 2.83 bits per heavy atom. The van der Waals surface area contributed by atoms with Crippen molar-refractivity contribution in [3.05, 3.63) is 57.0 Å². The first-order valence-electron chi connectivity index (χ1n) is 5.37. The lowest BCUT2D eigenvalue weighted by Gasteiger charge is -2.12. The van der Waals surface area contributed by atoms with Crippen molar-refractivity contribution >= 4 is 28.8 Å². The fraction of sp³-hybridized carbons (Fsp3) is 0.154. The molecule has 0 saturated carbocycles. The maximum absolute atomic E-state index is 12.9. The standard InChI is InChI=1S/C13H11ClFNOS/c1-8(12-3-2-6-18-12)16-13(17)10-5-4-9(15)7-11(10)14/h2-8H,1H3,(H,16,17)/t8-/m0/s1. The zero-order valence-electron chi connectivity index (χ0n) is 9.61. The smallest absolute Gasteiger partial charge is 0.253 e. The van der Waals surface area contributed by atoms with Gasteiger partial charge in [-0.15, -0.1) is 11.3 Å². The van der Waals surface area contributed by atoms with Crippen molar-refractivity contribution in [1.29, 1.82) is 0 Å². The first-order valence-corrected chi connectivity index (χ1v) is 6.63. The SMILES string of the molecule is C[C@H](NC(=O)c1ccc(F)cc1Cl)c1cccs1. The monoisotopic (exact) mass is 283 g/mol. The zero-order chi connectivity index (χ0) is 13.1. The second-order valence-corrected chi connectivity index (χ2v) is 5.22. The first-order chi connectivity index (χ1) is 8.58. The third-order valence-electron chi connectivity index (χ3n) is 2.49. The molecule has 1 heterocycles. The van der Waals surface area contributed by atoms with E-state index in [2.05, 4.69) is 5.32 Å². The van der Waals surface area contributed by atoms with Crippen molar-refractivity contribution in [3.8, 4) is 0 Å². The predicted molar refractivity (Wildman–Crippen MR) is 71.6 cm³/mol. The van der Waals surface area contributed by atoms with Gasteiger partial charge in [0.05, 0.1) is 16.6 Å². The molecule has 18 heavy (non-hydrogen) atoms. The third kappa shape index (κ3) is 2.89. The number of carbonyl (C=O) groups is 1. The fourth-order valence-electron chi connectivity index (χ4n) is 1.56. The van der Waals surface area contributed by atoms with E-state index < -0.39 is 5.82 Å². The average molecular weight is 284 g/mol. The minimum atomic E-state index is -0.456. The highest BCUT2D eigenvalue weighted by Crippen LogP contribution is 2.21. The van der Waals surface area contributed by atoms with Crippen molar-refractivity contribution in [2.75, 3.05) is 0 Å². The molecule has 1 atom stereocenters. The summed E-state index contributed by atoms with van der Waals surface area (Å²) in [5.41, 5.74) is 0.279.